The summed E-state index contributed by atoms with van der Waals surface area (Å²) < 4.78 is 12.4. The van der Waals surface area contributed by atoms with Gasteiger partial charge in [-0.2, -0.15) is 0 Å². The van der Waals surface area contributed by atoms with Crippen molar-refractivity contribution in [2.75, 3.05) is 13.2 Å². The number of nitrogens with zero attached hydrogens (tertiary/aromatic N) is 1. The summed E-state index contributed by atoms with van der Waals surface area (Å²) in [6, 6.07) is 9.76. The molecule has 0 spiro atoms. The summed E-state index contributed by atoms with van der Waals surface area (Å²) in [5, 5.41) is 10.5. The lowest BCUT2D eigenvalue weighted by molar-refractivity contribution is -0.255. The summed E-state index contributed by atoms with van der Waals surface area (Å²) >= 11 is 2.94. The summed E-state index contributed by atoms with van der Waals surface area (Å²) in [5.74, 6) is 1.65. The number of imide groups is 1. The van der Waals surface area contributed by atoms with Gasteiger partial charge >= 0.3 is 0 Å². The molecule has 32 heavy (non-hydrogen) atoms. The lowest BCUT2D eigenvalue weighted by Crippen LogP contribution is -2.28. The van der Waals surface area contributed by atoms with Crippen molar-refractivity contribution in [2.45, 2.75) is 13.5 Å². The minimum atomic E-state index is -1.24. The average molecular weight is 562 g/mol. The molecule has 1 aliphatic rings. The lowest BCUT2D eigenvalue weighted by atomic mass is 10.1. The summed E-state index contributed by atoms with van der Waals surface area (Å²) in [7, 11) is 0. The number of thioether (sulfide) groups is 1. The van der Waals surface area contributed by atoms with E-state index in [1.165, 1.54) is 12.1 Å². The molecule has 0 unspecified atom stereocenters. The van der Waals surface area contributed by atoms with Gasteiger partial charge in [-0.25, -0.2) is 0 Å². The van der Waals surface area contributed by atoms with Crippen molar-refractivity contribution in [2.24, 2.45) is 0 Å². The molecule has 1 aliphatic heterocycles. The Labute approximate surface area is 202 Å². The largest absolute Gasteiger partial charge is 0.545 e. The molecule has 3 rings (SSSR count). The number of halogens is 1. The van der Waals surface area contributed by atoms with Crippen LogP contribution in [0.5, 0.6) is 11.5 Å². The molecule has 0 saturated carbocycles. The van der Waals surface area contributed by atoms with Crippen molar-refractivity contribution in [1.29, 1.82) is 0 Å². The zero-order valence-corrected chi connectivity index (χ0v) is 19.9. The van der Waals surface area contributed by atoms with Crippen LogP contribution in [0.4, 0.5) is 4.79 Å². The monoisotopic (exact) mass is 562 g/mol. The first kappa shape index (κ1) is 23.7. The molecule has 7 nitrogen and oxygen atoms in total. The Balaban J connectivity index is 1.83. The van der Waals surface area contributed by atoms with E-state index in [0.717, 1.165) is 25.8 Å². The SMILES string of the molecule is C#CCN1C(=O)S/C(=C/c2cc(I)c(OCc3ccc(C(=O)[O-])cc3)c(OCC)c2)C1=O. The number of aromatic carboxylic acids is 1. The zero-order chi connectivity index (χ0) is 23.3. The molecule has 0 radical (unpaired) electrons. The highest BCUT2D eigenvalue weighted by atomic mass is 127. The standard InChI is InChI=1S/C23H18INO6S/c1-3-9-25-21(26)19(32-23(25)29)12-15-10-17(24)20(18(11-15)30-4-2)31-13-14-5-7-16(8-6-14)22(27)28/h1,5-8,10-12H,4,9,13H2,2H3,(H,27,28)/p-1/b19-12+. The Bertz CT molecular complexity index is 1140. The van der Waals surface area contributed by atoms with E-state index >= 15 is 0 Å². The summed E-state index contributed by atoms with van der Waals surface area (Å²) in [6.07, 6.45) is 6.85. The van der Waals surface area contributed by atoms with Crippen LogP contribution < -0.4 is 14.6 Å². The normalized spacial score (nSPS) is 14.5. The number of carbonyl (C=O) groups excluding carboxylic acids is 3. The number of rotatable bonds is 8. The number of carboxylic acids is 1. The smallest absolute Gasteiger partial charge is 0.294 e. The lowest BCUT2D eigenvalue weighted by Gasteiger charge is -2.15. The third kappa shape index (κ3) is 5.44. The molecule has 2 amide bonds. The van der Waals surface area contributed by atoms with Gasteiger partial charge in [-0.1, -0.05) is 30.2 Å². The number of hydrogen-bond donors (Lipinski definition) is 0. The van der Waals surface area contributed by atoms with Gasteiger partial charge in [0.05, 0.1) is 27.6 Å². The number of benzene rings is 2. The Morgan fingerprint density at radius 3 is 2.59 bits per heavy atom. The molecule has 1 heterocycles. The number of amides is 2. The van der Waals surface area contributed by atoms with Crippen LogP contribution in [0.1, 0.15) is 28.4 Å². The Morgan fingerprint density at radius 2 is 1.97 bits per heavy atom. The van der Waals surface area contributed by atoms with Crippen molar-refractivity contribution in [3.63, 3.8) is 0 Å². The van der Waals surface area contributed by atoms with Crippen molar-refractivity contribution >= 4 is 57.5 Å². The topological polar surface area (TPSA) is 96.0 Å². The summed E-state index contributed by atoms with van der Waals surface area (Å²) in [5.41, 5.74) is 1.54. The predicted octanol–water partition coefficient (Wildman–Crippen LogP) is 3.30. The minimum absolute atomic E-state index is 0.0690. The van der Waals surface area contributed by atoms with Crippen LogP contribution in [0.15, 0.2) is 41.3 Å². The van der Waals surface area contributed by atoms with E-state index in [1.807, 2.05) is 13.0 Å². The van der Waals surface area contributed by atoms with E-state index in [0.29, 0.717) is 23.7 Å². The zero-order valence-electron chi connectivity index (χ0n) is 16.9. The highest BCUT2D eigenvalue weighted by Crippen LogP contribution is 2.37. The molecule has 9 heteroatoms. The number of carbonyl (C=O) groups is 3. The first-order valence-electron chi connectivity index (χ1n) is 9.42. The maximum atomic E-state index is 12.4. The van der Waals surface area contributed by atoms with Gasteiger partial charge in [0.15, 0.2) is 11.5 Å². The molecule has 0 atom stereocenters. The van der Waals surface area contributed by atoms with Crippen LogP contribution >= 0.6 is 34.4 Å². The first-order valence-corrected chi connectivity index (χ1v) is 11.3. The minimum Gasteiger partial charge on any atom is -0.545 e. The first-order chi connectivity index (χ1) is 15.3. The van der Waals surface area contributed by atoms with Gasteiger partial charge in [-0.05, 0) is 76.2 Å². The van der Waals surface area contributed by atoms with Gasteiger partial charge in [-0.15, -0.1) is 6.42 Å². The van der Waals surface area contributed by atoms with Crippen molar-refractivity contribution < 1.29 is 29.0 Å². The maximum absolute atomic E-state index is 12.4. The third-order valence-corrected chi connectivity index (χ3v) is 6.03. The fourth-order valence-corrected chi connectivity index (χ4v) is 4.47. The Kier molecular flexibility index (Phi) is 7.82. The van der Waals surface area contributed by atoms with Crippen LogP contribution in [-0.2, 0) is 11.4 Å². The number of terminal acetylenes is 1. The number of hydrogen-bond acceptors (Lipinski definition) is 7. The molecule has 2 aromatic rings. The third-order valence-electron chi connectivity index (χ3n) is 4.33. The Hall–Kier alpha value is -2.97. The number of ether oxygens (including phenoxy) is 2. The fraction of sp³-hybridized carbons (Fsp3) is 0.174. The average Bonchev–Trinajstić information content (AvgIpc) is 3.01. The highest BCUT2D eigenvalue weighted by Gasteiger charge is 2.34. The van der Waals surface area contributed by atoms with Crippen LogP contribution in [0.25, 0.3) is 6.08 Å². The molecule has 0 N–H and O–H groups in total. The van der Waals surface area contributed by atoms with E-state index in [4.69, 9.17) is 15.9 Å². The maximum Gasteiger partial charge on any atom is 0.294 e. The molecule has 1 fully saturated rings. The van der Waals surface area contributed by atoms with Crippen LogP contribution in [-0.4, -0.2) is 35.2 Å². The molecular weight excluding hydrogens is 545 g/mol. The van der Waals surface area contributed by atoms with E-state index in [9.17, 15) is 19.5 Å². The van der Waals surface area contributed by atoms with E-state index in [1.54, 1.807) is 24.3 Å². The van der Waals surface area contributed by atoms with Gasteiger partial charge in [0.1, 0.15) is 6.61 Å². The van der Waals surface area contributed by atoms with Crippen molar-refractivity contribution in [3.8, 4) is 23.8 Å². The van der Waals surface area contributed by atoms with Crippen molar-refractivity contribution in [1.82, 2.24) is 4.90 Å². The van der Waals surface area contributed by atoms with Crippen LogP contribution in [0, 0.1) is 15.9 Å². The van der Waals surface area contributed by atoms with E-state index < -0.39 is 17.1 Å². The van der Waals surface area contributed by atoms with E-state index in [-0.39, 0.29) is 23.6 Å². The molecule has 1 saturated heterocycles. The molecular formula is C23H17INO6S-. The predicted molar refractivity (Wildman–Crippen MR) is 127 cm³/mol. The van der Waals surface area contributed by atoms with Gasteiger partial charge in [-0.3, -0.25) is 14.5 Å². The fourth-order valence-electron chi connectivity index (χ4n) is 2.85. The highest BCUT2D eigenvalue weighted by molar-refractivity contribution is 14.1. The van der Waals surface area contributed by atoms with Gasteiger partial charge < -0.3 is 19.4 Å². The van der Waals surface area contributed by atoms with Crippen LogP contribution in [0.2, 0.25) is 0 Å². The quantitative estimate of drug-likeness (QED) is 0.277. The molecule has 0 aromatic heterocycles. The molecule has 164 valence electrons. The van der Waals surface area contributed by atoms with Crippen molar-refractivity contribution in [3.05, 3.63) is 61.6 Å². The second-order valence-electron chi connectivity index (χ2n) is 6.51. The van der Waals surface area contributed by atoms with Gasteiger partial charge in [0.2, 0.25) is 0 Å². The summed E-state index contributed by atoms with van der Waals surface area (Å²) in [6.45, 7) is 2.37. The summed E-state index contributed by atoms with van der Waals surface area (Å²) in [4.78, 5) is 36.6. The van der Waals surface area contributed by atoms with E-state index in [2.05, 4.69) is 28.5 Å². The van der Waals surface area contributed by atoms with Gasteiger partial charge in [0.25, 0.3) is 11.1 Å². The second kappa shape index (κ2) is 10.6. The number of carboxylic acid groups (broad SMARTS) is 1. The van der Waals surface area contributed by atoms with Gasteiger partial charge in [0, 0.05) is 0 Å². The molecule has 0 bridgehead atoms. The Morgan fingerprint density at radius 1 is 1.25 bits per heavy atom. The molecule has 2 aromatic carbocycles. The second-order valence-corrected chi connectivity index (χ2v) is 8.66. The van der Waals surface area contributed by atoms with Crippen LogP contribution in [0.3, 0.4) is 0 Å². The molecule has 0 aliphatic carbocycles.